The summed E-state index contributed by atoms with van der Waals surface area (Å²) in [6.45, 7) is 11.3. The van der Waals surface area contributed by atoms with Crippen molar-refractivity contribution in [2.24, 2.45) is 0 Å². The van der Waals surface area contributed by atoms with Crippen molar-refractivity contribution in [2.45, 2.75) is 65.1 Å². The standard InChI is InChI=1S/C16H28N4O2/c1-11(14-10-20(16(3,4)5)18-12(14)2)17-15(22)19-8-6-7-13(21)9-19/h10-11,13,21H,6-9H2,1-5H3,(H,17,22)/t11-,13-/m0/s1. The van der Waals surface area contributed by atoms with Crippen LogP contribution in [0.5, 0.6) is 0 Å². The summed E-state index contributed by atoms with van der Waals surface area (Å²) >= 11 is 0. The van der Waals surface area contributed by atoms with Crippen molar-refractivity contribution < 1.29 is 9.90 Å². The molecule has 0 aliphatic carbocycles. The first kappa shape index (κ1) is 16.8. The van der Waals surface area contributed by atoms with Crippen molar-refractivity contribution >= 4 is 6.03 Å². The van der Waals surface area contributed by atoms with E-state index in [0.717, 1.165) is 24.1 Å². The van der Waals surface area contributed by atoms with Crippen LogP contribution < -0.4 is 5.32 Å². The number of nitrogens with zero attached hydrogens (tertiary/aromatic N) is 3. The molecule has 2 atom stereocenters. The van der Waals surface area contributed by atoms with E-state index < -0.39 is 6.10 Å². The van der Waals surface area contributed by atoms with Crippen molar-refractivity contribution in [1.82, 2.24) is 20.0 Å². The van der Waals surface area contributed by atoms with Gasteiger partial charge < -0.3 is 15.3 Å². The SMILES string of the molecule is Cc1nn(C(C)(C)C)cc1[C@H](C)NC(=O)N1CCC[C@H](O)C1. The van der Waals surface area contributed by atoms with Crippen molar-refractivity contribution in [2.75, 3.05) is 13.1 Å². The highest BCUT2D eigenvalue weighted by Gasteiger charge is 2.25. The van der Waals surface area contributed by atoms with E-state index in [1.165, 1.54) is 0 Å². The molecule has 1 aromatic heterocycles. The molecule has 22 heavy (non-hydrogen) atoms. The molecule has 6 nitrogen and oxygen atoms in total. The molecule has 1 fully saturated rings. The van der Waals surface area contributed by atoms with Gasteiger partial charge in [-0.1, -0.05) is 0 Å². The fraction of sp³-hybridized carbons (Fsp3) is 0.750. The Balaban J connectivity index is 2.04. The van der Waals surface area contributed by atoms with E-state index >= 15 is 0 Å². The van der Waals surface area contributed by atoms with Gasteiger partial charge in [-0.05, 0) is 47.5 Å². The summed E-state index contributed by atoms with van der Waals surface area (Å²) < 4.78 is 1.94. The van der Waals surface area contributed by atoms with Gasteiger partial charge in [0, 0.05) is 24.8 Å². The topological polar surface area (TPSA) is 70.4 Å². The van der Waals surface area contributed by atoms with Crippen molar-refractivity contribution in [3.05, 3.63) is 17.5 Å². The summed E-state index contributed by atoms with van der Waals surface area (Å²) in [5, 5.41) is 17.2. The lowest BCUT2D eigenvalue weighted by molar-refractivity contribution is 0.0835. The number of piperidine rings is 1. The van der Waals surface area contributed by atoms with Crippen LogP contribution in [0.15, 0.2) is 6.20 Å². The Morgan fingerprint density at radius 1 is 1.50 bits per heavy atom. The second-order valence-electron chi connectivity index (χ2n) is 7.20. The Kier molecular flexibility index (Phi) is 4.80. The summed E-state index contributed by atoms with van der Waals surface area (Å²) in [6, 6.07) is -0.225. The van der Waals surface area contributed by atoms with Gasteiger partial charge in [0.05, 0.1) is 23.4 Å². The van der Waals surface area contributed by atoms with Crippen LogP contribution in [-0.4, -0.2) is 45.0 Å². The van der Waals surface area contributed by atoms with Crippen LogP contribution in [0.1, 0.15) is 57.8 Å². The van der Waals surface area contributed by atoms with E-state index in [9.17, 15) is 9.90 Å². The average Bonchev–Trinajstić information content (AvgIpc) is 2.81. The zero-order chi connectivity index (χ0) is 16.5. The molecule has 2 amide bonds. The predicted molar refractivity (Wildman–Crippen MR) is 85.7 cm³/mol. The quantitative estimate of drug-likeness (QED) is 0.879. The highest BCUT2D eigenvalue weighted by Crippen LogP contribution is 2.21. The number of amides is 2. The van der Waals surface area contributed by atoms with Gasteiger partial charge in [0.1, 0.15) is 0 Å². The van der Waals surface area contributed by atoms with Crippen LogP contribution in [0.3, 0.4) is 0 Å². The number of carbonyl (C=O) groups is 1. The third-order valence-corrected chi connectivity index (χ3v) is 4.11. The number of aromatic nitrogens is 2. The summed E-state index contributed by atoms with van der Waals surface area (Å²) in [7, 11) is 0. The van der Waals surface area contributed by atoms with Gasteiger partial charge in [0.25, 0.3) is 0 Å². The Morgan fingerprint density at radius 3 is 2.73 bits per heavy atom. The van der Waals surface area contributed by atoms with E-state index in [-0.39, 0.29) is 17.6 Å². The summed E-state index contributed by atoms with van der Waals surface area (Å²) in [5.41, 5.74) is 1.88. The molecular weight excluding hydrogens is 280 g/mol. The lowest BCUT2D eigenvalue weighted by atomic mass is 10.1. The smallest absolute Gasteiger partial charge is 0.317 e. The van der Waals surface area contributed by atoms with Crippen molar-refractivity contribution in [3.63, 3.8) is 0 Å². The molecule has 1 aromatic rings. The lowest BCUT2D eigenvalue weighted by Gasteiger charge is -2.31. The third kappa shape index (κ3) is 3.80. The monoisotopic (exact) mass is 308 g/mol. The number of hydrogen-bond acceptors (Lipinski definition) is 3. The maximum Gasteiger partial charge on any atom is 0.317 e. The van der Waals surface area contributed by atoms with E-state index in [4.69, 9.17) is 0 Å². The predicted octanol–water partition coefficient (Wildman–Crippen LogP) is 2.17. The van der Waals surface area contributed by atoms with Crippen LogP contribution in [0, 0.1) is 6.92 Å². The maximum atomic E-state index is 12.3. The van der Waals surface area contributed by atoms with E-state index in [2.05, 4.69) is 31.2 Å². The molecule has 6 heteroatoms. The van der Waals surface area contributed by atoms with Gasteiger partial charge in [-0.3, -0.25) is 4.68 Å². The molecule has 0 bridgehead atoms. The molecule has 0 aromatic carbocycles. The molecule has 0 saturated carbocycles. The van der Waals surface area contributed by atoms with Crippen LogP contribution in [0.4, 0.5) is 4.79 Å². The normalized spacial score (nSPS) is 20.8. The molecule has 2 N–H and O–H groups in total. The summed E-state index contributed by atoms with van der Waals surface area (Å²) in [5.74, 6) is 0. The molecule has 1 saturated heterocycles. The Bertz CT molecular complexity index is 533. The fourth-order valence-corrected chi connectivity index (χ4v) is 2.74. The number of aryl methyl sites for hydroxylation is 1. The van der Waals surface area contributed by atoms with Gasteiger partial charge in [0.2, 0.25) is 0 Å². The third-order valence-electron chi connectivity index (χ3n) is 4.11. The lowest BCUT2D eigenvalue weighted by Crippen LogP contribution is -2.47. The van der Waals surface area contributed by atoms with E-state index in [1.807, 2.05) is 24.7 Å². The highest BCUT2D eigenvalue weighted by molar-refractivity contribution is 5.74. The zero-order valence-corrected chi connectivity index (χ0v) is 14.3. The molecule has 1 aliphatic rings. The highest BCUT2D eigenvalue weighted by atomic mass is 16.3. The van der Waals surface area contributed by atoms with Crippen molar-refractivity contribution in [3.8, 4) is 0 Å². The maximum absolute atomic E-state index is 12.3. The Morgan fingerprint density at radius 2 is 2.18 bits per heavy atom. The minimum Gasteiger partial charge on any atom is -0.391 e. The van der Waals surface area contributed by atoms with Crippen molar-refractivity contribution in [1.29, 1.82) is 0 Å². The van der Waals surface area contributed by atoms with E-state index in [0.29, 0.717) is 13.1 Å². The minimum atomic E-state index is -0.403. The van der Waals surface area contributed by atoms with Gasteiger partial charge in [-0.2, -0.15) is 5.10 Å². The zero-order valence-electron chi connectivity index (χ0n) is 14.3. The number of nitrogens with one attached hydrogen (secondary N) is 1. The van der Waals surface area contributed by atoms with Crippen LogP contribution in [0.25, 0.3) is 0 Å². The summed E-state index contributed by atoms with van der Waals surface area (Å²) in [4.78, 5) is 14.0. The summed E-state index contributed by atoms with van der Waals surface area (Å²) in [6.07, 6.45) is 3.23. The number of rotatable bonds is 2. The molecule has 0 spiro atoms. The van der Waals surface area contributed by atoms with Crippen LogP contribution in [0.2, 0.25) is 0 Å². The fourth-order valence-electron chi connectivity index (χ4n) is 2.74. The Hall–Kier alpha value is -1.56. The molecular formula is C16H28N4O2. The number of likely N-dealkylation sites (tertiary alicyclic amines) is 1. The Labute approximate surface area is 132 Å². The van der Waals surface area contributed by atoms with Gasteiger partial charge in [-0.25, -0.2) is 4.79 Å². The van der Waals surface area contributed by atoms with Gasteiger partial charge in [-0.15, -0.1) is 0 Å². The second kappa shape index (κ2) is 6.28. The first-order valence-electron chi connectivity index (χ1n) is 7.98. The molecule has 0 unspecified atom stereocenters. The number of aliphatic hydroxyl groups is 1. The molecule has 0 radical (unpaired) electrons. The molecule has 124 valence electrons. The second-order valence-corrected chi connectivity index (χ2v) is 7.20. The number of urea groups is 1. The van der Waals surface area contributed by atoms with Crippen LogP contribution in [-0.2, 0) is 5.54 Å². The number of hydrogen-bond donors (Lipinski definition) is 2. The van der Waals surface area contributed by atoms with Gasteiger partial charge in [0.15, 0.2) is 0 Å². The van der Waals surface area contributed by atoms with E-state index in [1.54, 1.807) is 4.90 Å². The first-order chi connectivity index (χ1) is 10.2. The number of β-amino-alcohol motifs (C(OH)–C–C–N with tert-alkyl or cyclic N) is 1. The first-order valence-corrected chi connectivity index (χ1v) is 7.98. The molecule has 1 aliphatic heterocycles. The molecule has 2 rings (SSSR count). The van der Waals surface area contributed by atoms with Gasteiger partial charge >= 0.3 is 6.03 Å². The number of carbonyl (C=O) groups excluding carboxylic acids is 1. The number of aliphatic hydroxyl groups excluding tert-OH is 1. The average molecular weight is 308 g/mol. The van der Waals surface area contributed by atoms with Crippen LogP contribution >= 0.6 is 0 Å². The molecule has 2 heterocycles. The minimum absolute atomic E-state index is 0.0796. The largest absolute Gasteiger partial charge is 0.391 e.